The summed E-state index contributed by atoms with van der Waals surface area (Å²) in [5, 5.41) is 16.4. The molecule has 0 bridgehead atoms. The normalized spacial score (nSPS) is 11.7. The maximum absolute atomic E-state index is 8.91. The van der Waals surface area contributed by atoms with E-state index < -0.39 is 0 Å². The van der Waals surface area contributed by atoms with Crippen LogP contribution < -0.4 is 10.5 Å². The summed E-state index contributed by atoms with van der Waals surface area (Å²) in [6.07, 6.45) is 0. The summed E-state index contributed by atoms with van der Waals surface area (Å²) in [5.74, 6) is 0.685. The maximum atomic E-state index is 8.91. The molecule has 0 aliphatic carbocycles. The number of nitrogens with zero attached hydrogens (tertiary/aromatic N) is 3. The summed E-state index contributed by atoms with van der Waals surface area (Å²) in [6.45, 7) is 3.83. The quantitative estimate of drug-likeness (QED) is 0.389. The zero-order valence-corrected chi connectivity index (χ0v) is 13.0. The molecular weight excluding hydrogens is 324 g/mol. The average molecular weight is 339 g/mol. The topological polar surface area (TPSA) is 85.7 Å². The Kier molecular flexibility index (Phi) is 3.99. The largest absolute Gasteiger partial charge is 0.497 e. The highest BCUT2D eigenvalue weighted by atomic mass is 79.9. The van der Waals surface area contributed by atoms with Gasteiger partial charge < -0.3 is 15.7 Å². The van der Waals surface area contributed by atoms with Crippen LogP contribution in [0.5, 0.6) is 5.75 Å². The van der Waals surface area contributed by atoms with Crippen molar-refractivity contribution in [1.29, 1.82) is 0 Å². The van der Waals surface area contributed by atoms with Gasteiger partial charge in [0.15, 0.2) is 5.84 Å². The van der Waals surface area contributed by atoms with Crippen LogP contribution in [0.1, 0.15) is 17.0 Å². The monoisotopic (exact) mass is 338 g/mol. The van der Waals surface area contributed by atoms with Crippen molar-refractivity contribution in [1.82, 2.24) is 9.78 Å². The van der Waals surface area contributed by atoms with Gasteiger partial charge in [-0.3, -0.25) is 0 Å². The molecule has 1 heterocycles. The Morgan fingerprint density at radius 2 is 2.15 bits per heavy atom. The van der Waals surface area contributed by atoms with Crippen molar-refractivity contribution in [2.24, 2.45) is 10.9 Å². The minimum atomic E-state index is 0.0197. The lowest BCUT2D eigenvalue weighted by Crippen LogP contribution is -2.17. The Balaban J connectivity index is 2.73. The van der Waals surface area contributed by atoms with E-state index in [0.29, 0.717) is 17.0 Å². The van der Waals surface area contributed by atoms with Crippen molar-refractivity contribution in [3.63, 3.8) is 0 Å². The van der Waals surface area contributed by atoms with E-state index in [1.54, 1.807) is 30.0 Å². The molecule has 1 aromatic heterocycles. The lowest BCUT2D eigenvalue weighted by Gasteiger charge is -2.12. The molecule has 0 saturated carbocycles. The molecule has 106 valence electrons. The van der Waals surface area contributed by atoms with E-state index in [0.717, 1.165) is 15.9 Å². The molecule has 6 nitrogen and oxygen atoms in total. The number of aromatic nitrogens is 2. The van der Waals surface area contributed by atoms with Crippen LogP contribution in [0.3, 0.4) is 0 Å². The van der Waals surface area contributed by atoms with Crippen molar-refractivity contribution in [3.05, 3.63) is 39.6 Å². The first-order chi connectivity index (χ1) is 9.49. The number of hydrogen-bond acceptors (Lipinski definition) is 4. The molecule has 20 heavy (non-hydrogen) atoms. The number of benzene rings is 1. The predicted octanol–water partition coefficient (Wildman–Crippen LogP) is 2.35. The van der Waals surface area contributed by atoms with Gasteiger partial charge in [-0.15, -0.1) is 0 Å². The summed E-state index contributed by atoms with van der Waals surface area (Å²) in [4.78, 5) is 0. The zero-order valence-electron chi connectivity index (χ0n) is 11.4. The number of oxime groups is 1. The number of aryl methyl sites for hydroxylation is 1. The molecule has 0 aliphatic heterocycles. The van der Waals surface area contributed by atoms with Crippen LogP contribution in [0.2, 0.25) is 0 Å². The summed E-state index contributed by atoms with van der Waals surface area (Å²) in [5.41, 5.74) is 8.76. The van der Waals surface area contributed by atoms with Crippen LogP contribution in [-0.4, -0.2) is 27.9 Å². The molecule has 3 N–H and O–H groups in total. The van der Waals surface area contributed by atoms with Gasteiger partial charge in [0.25, 0.3) is 0 Å². The third-order valence-corrected chi connectivity index (χ3v) is 4.17. The third-order valence-electron chi connectivity index (χ3n) is 3.02. The van der Waals surface area contributed by atoms with E-state index in [2.05, 4.69) is 26.2 Å². The van der Waals surface area contributed by atoms with Crippen LogP contribution in [0, 0.1) is 13.8 Å². The van der Waals surface area contributed by atoms with Gasteiger partial charge in [-0.05, 0) is 41.9 Å². The molecule has 1 aromatic carbocycles. The molecule has 0 unspecified atom stereocenters. The molecule has 0 fully saturated rings. The molecule has 0 spiro atoms. The fourth-order valence-corrected chi connectivity index (χ4v) is 2.19. The van der Waals surface area contributed by atoms with Crippen LogP contribution in [-0.2, 0) is 0 Å². The molecular formula is C13H15BrN4O2. The Bertz CT molecular complexity index is 679. The number of rotatable bonds is 3. The average Bonchev–Trinajstić information content (AvgIpc) is 2.73. The van der Waals surface area contributed by atoms with Crippen molar-refractivity contribution in [3.8, 4) is 11.4 Å². The van der Waals surface area contributed by atoms with Crippen molar-refractivity contribution >= 4 is 21.8 Å². The van der Waals surface area contributed by atoms with Crippen molar-refractivity contribution < 1.29 is 9.94 Å². The first-order valence-electron chi connectivity index (χ1n) is 5.87. The fourth-order valence-electron chi connectivity index (χ4n) is 1.94. The molecule has 7 heteroatoms. The Hall–Kier alpha value is -2.02. The molecule has 0 saturated heterocycles. The minimum Gasteiger partial charge on any atom is -0.497 e. The molecule has 0 atom stereocenters. The Labute approximate surface area is 125 Å². The van der Waals surface area contributed by atoms with Gasteiger partial charge in [0.1, 0.15) is 5.75 Å². The third kappa shape index (κ3) is 2.36. The first-order valence-corrected chi connectivity index (χ1v) is 6.67. The maximum Gasteiger partial charge on any atom is 0.172 e. The van der Waals surface area contributed by atoms with Gasteiger partial charge in [-0.1, -0.05) is 5.16 Å². The van der Waals surface area contributed by atoms with Crippen molar-refractivity contribution in [2.45, 2.75) is 13.8 Å². The fraction of sp³-hybridized carbons (Fsp3) is 0.231. The van der Waals surface area contributed by atoms with Crippen molar-refractivity contribution in [2.75, 3.05) is 7.11 Å². The van der Waals surface area contributed by atoms with Gasteiger partial charge in [0.2, 0.25) is 0 Å². The van der Waals surface area contributed by atoms with E-state index in [4.69, 9.17) is 15.7 Å². The van der Waals surface area contributed by atoms with E-state index in [1.807, 2.05) is 13.8 Å². The highest BCUT2D eigenvalue weighted by molar-refractivity contribution is 9.10. The minimum absolute atomic E-state index is 0.0197. The molecule has 2 aromatic rings. The number of amidine groups is 1. The van der Waals surface area contributed by atoms with Crippen LogP contribution in [0.4, 0.5) is 0 Å². The van der Waals surface area contributed by atoms with Gasteiger partial charge in [0, 0.05) is 11.6 Å². The molecule has 0 aliphatic rings. The number of halogens is 1. The second kappa shape index (κ2) is 5.54. The number of ether oxygens (including phenoxy) is 1. The van der Waals surface area contributed by atoms with Gasteiger partial charge in [-0.2, -0.15) is 5.10 Å². The first kappa shape index (κ1) is 14.4. The van der Waals surface area contributed by atoms with E-state index in [-0.39, 0.29) is 5.84 Å². The predicted molar refractivity (Wildman–Crippen MR) is 79.8 cm³/mol. The highest BCUT2D eigenvalue weighted by Gasteiger charge is 2.16. The second-order valence-corrected chi connectivity index (χ2v) is 5.06. The Morgan fingerprint density at radius 3 is 2.65 bits per heavy atom. The molecule has 0 radical (unpaired) electrons. The van der Waals surface area contributed by atoms with Gasteiger partial charge >= 0.3 is 0 Å². The molecule has 0 amide bonds. The van der Waals surface area contributed by atoms with Gasteiger partial charge in [-0.25, -0.2) is 4.68 Å². The standard InChI is InChI=1S/C13H15BrN4O2/c1-7-12(14)8(2)18(16-7)11-6-9(20-3)4-5-10(11)13(15)17-19/h4-6,19H,1-3H3,(H2,15,17). The summed E-state index contributed by atoms with van der Waals surface area (Å²) < 4.78 is 7.88. The van der Waals surface area contributed by atoms with E-state index in [9.17, 15) is 0 Å². The smallest absolute Gasteiger partial charge is 0.172 e. The lowest BCUT2D eigenvalue weighted by atomic mass is 10.1. The zero-order chi connectivity index (χ0) is 14.9. The summed E-state index contributed by atoms with van der Waals surface area (Å²) in [7, 11) is 1.58. The second-order valence-electron chi connectivity index (χ2n) is 4.26. The van der Waals surface area contributed by atoms with Crippen LogP contribution in [0.15, 0.2) is 27.8 Å². The number of nitrogens with two attached hydrogens (primary N) is 1. The van der Waals surface area contributed by atoms with E-state index in [1.165, 1.54) is 0 Å². The van der Waals surface area contributed by atoms with Crippen LogP contribution in [0.25, 0.3) is 5.69 Å². The lowest BCUT2D eigenvalue weighted by molar-refractivity contribution is 0.318. The Morgan fingerprint density at radius 1 is 1.45 bits per heavy atom. The number of methoxy groups -OCH3 is 1. The van der Waals surface area contributed by atoms with Gasteiger partial charge in [0.05, 0.1) is 28.7 Å². The molecule has 2 rings (SSSR count). The summed E-state index contributed by atoms with van der Waals surface area (Å²) >= 11 is 3.49. The number of hydrogen-bond donors (Lipinski definition) is 2. The highest BCUT2D eigenvalue weighted by Crippen LogP contribution is 2.27. The van der Waals surface area contributed by atoms with Crippen LogP contribution >= 0.6 is 15.9 Å². The summed E-state index contributed by atoms with van der Waals surface area (Å²) in [6, 6.07) is 5.27. The SMILES string of the molecule is COc1ccc(/C(N)=N/O)c(-n2nc(C)c(Br)c2C)c1. The van der Waals surface area contributed by atoms with E-state index >= 15 is 0 Å².